The summed E-state index contributed by atoms with van der Waals surface area (Å²) in [5.41, 5.74) is -0.335. The zero-order valence-corrected chi connectivity index (χ0v) is 13.6. The summed E-state index contributed by atoms with van der Waals surface area (Å²) in [5, 5.41) is 15.1. The van der Waals surface area contributed by atoms with E-state index in [2.05, 4.69) is 0 Å². The van der Waals surface area contributed by atoms with E-state index < -0.39 is 28.9 Å². The monoisotopic (exact) mass is 369 g/mol. The first kappa shape index (κ1) is 17.6. The van der Waals surface area contributed by atoms with E-state index in [0.717, 1.165) is 6.07 Å². The standard InChI is InChI=1S/C17H11F4NO2S/c1-8-4-9(7-22)6-10(5-8)24-11-2-3-12-14(13(11)16(18)19)15(23)17(20,21)25-12/h2-6,15-16,23H,1H3. The number of rotatable bonds is 3. The number of ether oxygens (including phenoxy) is 1. The van der Waals surface area contributed by atoms with Crippen LogP contribution >= 0.6 is 11.8 Å². The van der Waals surface area contributed by atoms with Crippen LogP contribution in [0.4, 0.5) is 17.6 Å². The molecule has 0 radical (unpaired) electrons. The van der Waals surface area contributed by atoms with Crippen molar-refractivity contribution < 1.29 is 27.4 Å². The van der Waals surface area contributed by atoms with Gasteiger partial charge in [-0.3, -0.25) is 0 Å². The summed E-state index contributed by atoms with van der Waals surface area (Å²) in [6.45, 7) is 1.70. The largest absolute Gasteiger partial charge is 0.457 e. The highest BCUT2D eigenvalue weighted by molar-refractivity contribution is 8.00. The molecule has 3 rings (SSSR count). The van der Waals surface area contributed by atoms with Crippen LogP contribution in [0.15, 0.2) is 35.2 Å². The number of hydrogen-bond acceptors (Lipinski definition) is 4. The van der Waals surface area contributed by atoms with Crippen molar-refractivity contribution in [3.8, 4) is 17.6 Å². The number of nitrogens with zero attached hydrogens (tertiary/aromatic N) is 1. The molecule has 1 unspecified atom stereocenters. The Labute approximate surface area is 144 Å². The fraction of sp³-hybridized carbons (Fsp3) is 0.235. The molecule has 2 aromatic rings. The Kier molecular flexibility index (Phi) is 4.39. The molecule has 1 atom stereocenters. The predicted molar refractivity (Wildman–Crippen MR) is 83.1 cm³/mol. The summed E-state index contributed by atoms with van der Waals surface area (Å²) in [6, 6.07) is 8.77. The lowest BCUT2D eigenvalue weighted by Gasteiger charge is -2.17. The Morgan fingerprint density at radius 2 is 2.00 bits per heavy atom. The lowest BCUT2D eigenvalue weighted by molar-refractivity contribution is -0.0327. The van der Waals surface area contributed by atoms with E-state index in [0.29, 0.717) is 5.56 Å². The van der Waals surface area contributed by atoms with E-state index in [-0.39, 0.29) is 33.7 Å². The Morgan fingerprint density at radius 3 is 2.64 bits per heavy atom. The Balaban J connectivity index is 2.09. The van der Waals surface area contributed by atoms with Crippen LogP contribution in [0.1, 0.15) is 34.8 Å². The van der Waals surface area contributed by atoms with Gasteiger partial charge in [-0.1, -0.05) is 0 Å². The molecule has 1 aliphatic heterocycles. The quantitative estimate of drug-likeness (QED) is 0.743. The highest BCUT2D eigenvalue weighted by Crippen LogP contribution is 2.57. The van der Waals surface area contributed by atoms with Crippen LogP contribution in [0, 0.1) is 18.3 Å². The lowest BCUT2D eigenvalue weighted by atomic mass is 10.0. The highest BCUT2D eigenvalue weighted by Gasteiger charge is 2.50. The van der Waals surface area contributed by atoms with Crippen molar-refractivity contribution in [2.45, 2.75) is 29.6 Å². The molecule has 2 aromatic carbocycles. The molecule has 0 amide bonds. The number of aliphatic hydroxyl groups is 1. The molecule has 1 N–H and O–H groups in total. The van der Waals surface area contributed by atoms with Gasteiger partial charge in [0.1, 0.15) is 11.5 Å². The normalized spacial score (nSPS) is 18.1. The summed E-state index contributed by atoms with van der Waals surface area (Å²) in [4.78, 5) is -0.109. The van der Waals surface area contributed by atoms with Crippen molar-refractivity contribution in [1.82, 2.24) is 0 Å². The van der Waals surface area contributed by atoms with E-state index in [1.807, 2.05) is 6.07 Å². The van der Waals surface area contributed by atoms with Crippen LogP contribution in [-0.4, -0.2) is 10.4 Å². The van der Waals surface area contributed by atoms with Gasteiger partial charge in [0.15, 0.2) is 6.10 Å². The van der Waals surface area contributed by atoms with Gasteiger partial charge < -0.3 is 9.84 Å². The maximum Gasteiger partial charge on any atom is 0.327 e. The average molecular weight is 369 g/mol. The third kappa shape index (κ3) is 3.17. The van der Waals surface area contributed by atoms with E-state index in [4.69, 9.17) is 10.00 Å². The molecular formula is C17H11F4NO2S. The summed E-state index contributed by atoms with van der Waals surface area (Å²) < 4.78 is 59.9. The van der Waals surface area contributed by atoms with E-state index in [1.165, 1.54) is 18.2 Å². The van der Waals surface area contributed by atoms with Gasteiger partial charge in [-0.15, -0.1) is 0 Å². The molecule has 3 nitrogen and oxygen atoms in total. The summed E-state index contributed by atoms with van der Waals surface area (Å²) in [5.74, 6) is -0.203. The second-order valence-electron chi connectivity index (χ2n) is 5.50. The third-order valence-corrected chi connectivity index (χ3v) is 4.74. The van der Waals surface area contributed by atoms with Gasteiger partial charge in [0.2, 0.25) is 0 Å². The van der Waals surface area contributed by atoms with Gasteiger partial charge in [-0.25, -0.2) is 8.78 Å². The Bertz CT molecular complexity index is 880. The van der Waals surface area contributed by atoms with Crippen molar-refractivity contribution in [3.63, 3.8) is 0 Å². The molecule has 130 valence electrons. The second kappa shape index (κ2) is 6.24. The number of nitriles is 1. The molecule has 1 heterocycles. The van der Waals surface area contributed by atoms with Gasteiger partial charge in [-0.05, 0) is 54.6 Å². The number of fused-ring (bicyclic) bond motifs is 1. The molecule has 0 aromatic heterocycles. The van der Waals surface area contributed by atoms with Crippen molar-refractivity contribution in [1.29, 1.82) is 5.26 Å². The number of benzene rings is 2. The molecule has 25 heavy (non-hydrogen) atoms. The van der Waals surface area contributed by atoms with Crippen LogP contribution < -0.4 is 4.74 Å². The number of halogens is 4. The van der Waals surface area contributed by atoms with Crippen molar-refractivity contribution in [2.24, 2.45) is 0 Å². The number of alkyl halides is 4. The number of thioether (sulfide) groups is 1. The first-order valence-corrected chi connectivity index (χ1v) is 7.94. The first-order chi connectivity index (χ1) is 11.7. The molecule has 0 fully saturated rings. The molecule has 0 aliphatic carbocycles. The van der Waals surface area contributed by atoms with Crippen molar-refractivity contribution >= 4 is 11.8 Å². The van der Waals surface area contributed by atoms with Crippen molar-refractivity contribution in [2.75, 3.05) is 0 Å². The van der Waals surface area contributed by atoms with Gasteiger partial charge in [0.05, 0.1) is 17.2 Å². The summed E-state index contributed by atoms with van der Waals surface area (Å²) in [7, 11) is 0. The molecular weight excluding hydrogens is 358 g/mol. The minimum absolute atomic E-state index is 0.0413. The second-order valence-corrected chi connectivity index (χ2v) is 6.69. The molecule has 0 saturated carbocycles. The topological polar surface area (TPSA) is 53.2 Å². The maximum absolute atomic E-state index is 13.7. The highest BCUT2D eigenvalue weighted by atomic mass is 32.2. The molecule has 0 spiro atoms. The lowest BCUT2D eigenvalue weighted by Crippen LogP contribution is -2.17. The smallest absolute Gasteiger partial charge is 0.327 e. The van der Waals surface area contributed by atoms with Gasteiger partial charge in [-0.2, -0.15) is 14.0 Å². The Hall–Kier alpha value is -2.24. The van der Waals surface area contributed by atoms with E-state index >= 15 is 0 Å². The van der Waals surface area contributed by atoms with E-state index in [9.17, 15) is 22.7 Å². The zero-order chi connectivity index (χ0) is 18.4. The predicted octanol–water partition coefficient (Wildman–Crippen LogP) is 5.33. The van der Waals surface area contributed by atoms with Crippen LogP contribution in [0.2, 0.25) is 0 Å². The summed E-state index contributed by atoms with van der Waals surface area (Å²) in [6.07, 6.45) is -5.46. The number of aliphatic hydroxyl groups excluding tert-OH is 1. The maximum atomic E-state index is 13.7. The van der Waals surface area contributed by atoms with Crippen LogP contribution in [0.3, 0.4) is 0 Å². The minimum atomic E-state index is -3.58. The average Bonchev–Trinajstić information content (AvgIpc) is 2.76. The van der Waals surface area contributed by atoms with Crippen LogP contribution in [0.25, 0.3) is 0 Å². The van der Waals surface area contributed by atoms with Gasteiger partial charge in [0, 0.05) is 10.5 Å². The first-order valence-electron chi connectivity index (χ1n) is 7.12. The summed E-state index contributed by atoms with van der Waals surface area (Å²) >= 11 is 0.0413. The molecule has 0 saturated heterocycles. The molecule has 1 aliphatic rings. The molecule has 8 heteroatoms. The number of aryl methyl sites for hydroxylation is 1. The van der Waals surface area contributed by atoms with Gasteiger partial charge in [0.25, 0.3) is 6.43 Å². The molecule has 0 bridgehead atoms. The number of hydrogen-bond donors (Lipinski definition) is 1. The minimum Gasteiger partial charge on any atom is -0.457 e. The van der Waals surface area contributed by atoms with Gasteiger partial charge >= 0.3 is 5.25 Å². The van der Waals surface area contributed by atoms with E-state index in [1.54, 1.807) is 13.0 Å². The van der Waals surface area contributed by atoms with Crippen LogP contribution in [-0.2, 0) is 0 Å². The fourth-order valence-corrected chi connectivity index (χ4v) is 3.64. The van der Waals surface area contributed by atoms with Crippen molar-refractivity contribution in [3.05, 3.63) is 52.6 Å². The zero-order valence-electron chi connectivity index (χ0n) is 12.8. The SMILES string of the molecule is Cc1cc(C#N)cc(Oc2ccc3c(c2C(F)F)C(O)C(F)(F)S3)c1. The van der Waals surface area contributed by atoms with Crippen LogP contribution in [0.5, 0.6) is 11.5 Å². The third-order valence-electron chi connectivity index (χ3n) is 3.67. The fourth-order valence-electron chi connectivity index (χ4n) is 2.65. The Morgan fingerprint density at radius 1 is 1.28 bits per heavy atom.